The number of nitrogens with two attached hydrogens (primary N) is 2. The molecular formula is C23H28N4O3. The number of hydroxylamine groups is 1. The van der Waals surface area contributed by atoms with Crippen LogP contribution in [0.2, 0.25) is 0 Å². The van der Waals surface area contributed by atoms with Gasteiger partial charge in [0.25, 0.3) is 11.8 Å². The fraction of sp³-hybridized carbons (Fsp3) is 0.304. The molecule has 0 radical (unpaired) electrons. The molecule has 7 nitrogen and oxygen atoms in total. The largest absolute Gasteiger partial charge is 0.340 e. The van der Waals surface area contributed by atoms with Crippen molar-refractivity contribution in [3.05, 3.63) is 71.3 Å². The van der Waals surface area contributed by atoms with Crippen molar-refractivity contribution >= 4 is 11.8 Å². The lowest BCUT2D eigenvalue weighted by molar-refractivity contribution is -0.131. The smallest absolute Gasteiger partial charge is 0.265 e. The Morgan fingerprint density at radius 1 is 0.900 bits per heavy atom. The van der Waals surface area contributed by atoms with Gasteiger partial charge < -0.3 is 16.8 Å². The molecule has 0 spiro atoms. The lowest BCUT2D eigenvalue weighted by Crippen LogP contribution is -2.47. The van der Waals surface area contributed by atoms with Crippen molar-refractivity contribution in [3.63, 3.8) is 0 Å². The third kappa shape index (κ3) is 7.33. The summed E-state index contributed by atoms with van der Waals surface area (Å²) in [5.74, 6) is 5.09. The van der Waals surface area contributed by atoms with Crippen LogP contribution in [0.15, 0.2) is 54.6 Å². The average Bonchev–Trinajstić information content (AvgIpc) is 2.78. The Morgan fingerprint density at radius 3 is 2.00 bits per heavy atom. The summed E-state index contributed by atoms with van der Waals surface area (Å²) < 4.78 is 0. The molecule has 0 aliphatic heterocycles. The highest BCUT2D eigenvalue weighted by molar-refractivity contribution is 5.97. The molecule has 0 bridgehead atoms. The van der Waals surface area contributed by atoms with Crippen LogP contribution >= 0.6 is 0 Å². The second-order valence-electron chi connectivity index (χ2n) is 6.95. The summed E-state index contributed by atoms with van der Waals surface area (Å²) in [4.78, 5) is 24.6. The molecule has 0 heterocycles. The zero-order valence-corrected chi connectivity index (χ0v) is 16.8. The van der Waals surface area contributed by atoms with E-state index in [1.807, 2.05) is 30.3 Å². The van der Waals surface area contributed by atoms with E-state index in [0.717, 1.165) is 11.1 Å². The number of rotatable bonds is 9. The Balaban J connectivity index is 2.06. The van der Waals surface area contributed by atoms with Gasteiger partial charge in [-0.25, -0.2) is 5.48 Å². The van der Waals surface area contributed by atoms with Gasteiger partial charge in [-0.1, -0.05) is 30.0 Å². The van der Waals surface area contributed by atoms with Crippen molar-refractivity contribution in [1.29, 1.82) is 0 Å². The molecule has 0 saturated carbocycles. The molecule has 7 heteroatoms. The van der Waals surface area contributed by atoms with Crippen LogP contribution in [0.4, 0.5) is 0 Å². The first-order chi connectivity index (χ1) is 14.6. The second kappa shape index (κ2) is 12.4. The summed E-state index contributed by atoms with van der Waals surface area (Å²) in [6, 6.07) is 15.5. The molecule has 7 N–H and O–H groups in total. The van der Waals surface area contributed by atoms with Crippen LogP contribution in [0.1, 0.15) is 40.7 Å². The molecule has 0 fully saturated rings. The lowest BCUT2D eigenvalue weighted by Gasteiger charge is -2.22. The number of benzene rings is 2. The summed E-state index contributed by atoms with van der Waals surface area (Å²) in [5, 5.41) is 11.7. The minimum Gasteiger partial charge on any atom is -0.340 e. The van der Waals surface area contributed by atoms with Crippen molar-refractivity contribution in [2.24, 2.45) is 17.4 Å². The maximum absolute atomic E-state index is 12.6. The normalized spacial score (nSPS) is 11.3. The van der Waals surface area contributed by atoms with Crippen molar-refractivity contribution in [2.75, 3.05) is 13.1 Å². The van der Waals surface area contributed by atoms with Crippen LogP contribution < -0.4 is 22.3 Å². The molecule has 2 rings (SSSR count). The fourth-order valence-electron chi connectivity index (χ4n) is 3.11. The zero-order chi connectivity index (χ0) is 21.8. The van der Waals surface area contributed by atoms with Crippen LogP contribution in [-0.2, 0) is 4.79 Å². The Hall–Kier alpha value is -3.18. The van der Waals surface area contributed by atoms with Gasteiger partial charge in [0.15, 0.2) is 0 Å². The van der Waals surface area contributed by atoms with E-state index in [4.69, 9.17) is 16.7 Å². The summed E-state index contributed by atoms with van der Waals surface area (Å²) >= 11 is 0. The van der Waals surface area contributed by atoms with E-state index in [1.54, 1.807) is 29.7 Å². The quantitative estimate of drug-likeness (QED) is 0.243. The molecular weight excluding hydrogens is 380 g/mol. The van der Waals surface area contributed by atoms with Crippen LogP contribution in [0.3, 0.4) is 0 Å². The van der Waals surface area contributed by atoms with Gasteiger partial charge in [0.1, 0.15) is 6.04 Å². The molecule has 30 heavy (non-hydrogen) atoms. The van der Waals surface area contributed by atoms with Crippen molar-refractivity contribution in [1.82, 2.24) is 10.8 Å². The topological polar surface area (TPSA) is 130 Å². The number of hydrogen-bond acceptors (Lipinski definition) is 5. The van der Waals surface area contributed by atoms with Crippen LogP contribution in [0.5, 0.6) is 0 Å². The van der Waals surface area contributed by atoms with E-state index in [2.05, 4.69) is 17.2 Å². The number of nitrogens with one attached hydrogen (secondary N) is 2. The molecule has 0 aliphatic carbocycles. The van der Waals surface area contributed by atoms with Gasteiger partial charge in [-0.2, -0.15) is 0 Å². The van der Waals surface area contributed by atoms with Crippen LogP contribution in [0, 0.1) is 17.8 Å². The van der Waals surface area contributed by atoms with E-state index in [1.165, 1.54) is 0 Å². The molecule has 2 amide bonds. The highest BCUT2D eigenvalue weighted by Gasteiger charge is 2.24. The Morgan fingerprint density at radius 2 is 1.47 bits per heavy atom. The van der Waals surface area contributed by atoms with Gasteiger partial charge in [-0.15, -0.1) is 0 Å². The Kier molecular flexibility index (Phi) is 9.55. The predicted molar refractivity (Wildman–Crippen MR) is 115 cm³/mol. The van der Waals surface area contributed by atoms with E-state index in [0.29, 0.717) is 37.9 Å². The fourth-order valence-corrected chi connectivity index (χ4v) is 3.11. The molecule has 0 aliphatic rings. The minimum absolute atomic E-state index is 0.0678. The van der Waals surface area contributed by atoms with Gasteiger partial charge in [0, 0.05) is 16.7 Å². The molecule has 1 atom stereocenters. The molecule has 0 unspecified atom stereocenters. The lowest BCUT2D eigenvalue weighted by atomic mass is 9.92. The average molecular weight is 409 g/mol. The van der Waals surface area contributed by atoms with Gasteiger partial charge in [0.05, 0.1) is 0 Å². The first-order valence-corrected chi connectivity index (χ1v) is 9.89. The van der Waals surface area contributed by atoms with Gasteiger partial charge >= 0.3 is 0 Å². The molecule has 158 valence electrons. The van der Waals surface area contributed by atoms with Gasteiger partial charge in [-0.3, -0.25) is 14.8 Å². The highest BCUT2D eigenvalue weighted by atomic mass is 16.5. The summed E-state index contributed by atoms with van der Waals surface area (Å²) in [7, 11) is 0. The van der Waals surface area contributed by atoms with Crippen LogP contribution in [-0.4, -0.2) is 36.2 Å². The van der Waals surface area contributed by atoms with E-state index >= 15 is 0 Å². The molecule has 0 saturated heterocycles. The number of hydrogen-bond donors (Lipinski definition) is 5. The van der Waals surface area contributed by atoms with E-state index in [-0.39, 0.29) is 5.92 Å². The summed E-state index contributed by atoms with van der Waals surface area (Å²) in [6.07, 6.45) is 1.70. The van der Waals surface area contributed by atoms with E-state index in [9.17, 15) is 9.59 Å². The second-order valence-corrected chi connectivity index (χ2v) is 6.95. The third-order valence-electron chi connectivity index (χ3n) is 4.72. The first kappa shape index (κ1) is 23.1. The predicted octanol–water partition coefficient (Wildman–Crippen LogP) is 1.39. The van der Waals surface area contributed by atoms with Crippen LogP contribution in [0.25, 0.3) is 0 Å². The number of carbonyl (C=O) groups is 2. The van der Waals surface area contributed by atoms with Gasteiger partial charge in [0.2, 0.25) is 0 Å². The van der Waals surface area contributed by atoms with Crippen molar-refractivity contribution in [2.45, 2.75) is 25.3 Å². The highest BCUT2D eigenvalue weighted by Crippen LogP contribution is 2.15. The molecule has 2 aromatic rings. The first-order valence-electron chi connectivity index (χ1n) is 9.89. The Labute approximate surface area is 176 Å². The number of amides is 2. The molecule has 2 aromatic carbocycles. The van der Waals surface area contributed by atoms with Crippen molar-refractivity contribution < 1.29 is 14.8 Å². The SMILES string of the molecule is NCCC(CCN)C[C@H](NC(=O)c1ccc(C#Cc2ccccc2)cc1)C(=O)NO. The third-order valence-corrected chi connectivity index (χ3v) is 4.72. The maximum Gasteiger partial charge on any atom is 0.265 e. The summed E-state index contributed by atoms with van der Waals surface area (Å²) in [6.45, 7) is 0.912. The number of carbonyl (C=O) groups excluding carboxylic acids is 2. The zero-order valence-electron chi connectivity index (χ0n) is 16.8. The standard InChI is InChI=1S/C23H28N4O3/c24-14-12-19(13-15-25)16-21(23(29)27-30)26-22(28)20-10-8-18(9-11-20)7-6-17-4-2-1-3-5-17/h1-5,8-11,19,21,30H,12-16,24-25H2,(H,26,28)(H,27,29)/t21-/m0/s1. The minimum atomic E-state index is -0.886. The molecule has 0 aromatic heterocycles. The Bertz CT molecular complexity index is 867. The van der Waals surface area contributed by atoms with Gasteiger partial charge in [-0.05, 0) is 74.7 Å². The van der Waals surface area contributed by atoms with Crippen molar-refractivity contribution in [3.8, 4) is 11.8 Å². The monoisotopic (exact) mass is 408 g/mol. The van der Waals surface area contributed by atoms with E-state index < -0.39 is 17.9 Å². The summed E-state index contributed by atoms with van der Waals surface area (Å²) in [5.41, 5.74) is 14.9. The maximum atomic E-state index is 12.6.